The number of methoxy groups -OCH3 is 1. The van der Waals surface area contributed by atoms with Crippen molar-refractivity contribution in [2.24, 2.45) is 0 Å². The molecule has 0 bridgehead atoms. The van der Waals surface area contributed by atoms with Crippen molar-refractivity contribution in [3.05, 3.63) is 90.5 Å². The lowest BCUT2D eigenvalue weighted by Crippen LogP contribution is -2.17. The van der Waals surface area contributed by atoms with Crippen LogP contribution >= 0.6 is 0 Å². The number of H-pyrrole nitrogens is 1. The van der Waals surface area contributed by atoms with E-state index in [1.54, 1.807) is 54.7 Å². The molecule has 13 heteroatoms. The Labute approximate surface area is 229 Å². The fraction of sp³-hybridized carbons (Fsp3) is 0.111. The van der Waals surface area contributed by atoms with Gasteiger partial charge in [-0.2, -0.15) is 0 Å². The molecule has 204 valence electrons. The van der Waals surface area contributed by atoms with Gasteiger partial charge in [0.25, 0.3) is 10.0 Å². The van der Waals surface area contributed by atoms with Crippen LogP contribution in [0, 0.1) is 0 Å². The average Bonchev–Trinajstić information content (AvgIpc) is 3.46. The van der Waals surface area contributed by atoms with Gasteiger partial charge in [0.15, 0.2) is 11.6 Å². The van der Waals surface area contributed by atoms with E-state index in [4.69, 9.17) is 4.74 Å². The summed E-state index contributed by atoms with van der Waals surface area (Å²) in [6.07, 6.45) is 3.11. The van der Waals surface area contributed by atoms with Crippen LogP contribution in [0.1, 0.15) is 11.3 Å². The molecule has 3 aromatic carbocycles. The third kappa shape index (κ3) is 6.17. The molecule has 0 aliphatic heterocycles. The minimum atomic E-state index is -4.16. The molecule has 5 rings (SSSR count). The summed E-state index contributed by atoms with van der Waals surface area (Å²) >= 11 is 0. The maximum Gasteiger partial charge on any atom is 0.263 e. The van der Waals surface area contributed by atoms with Crippen molar-refractivity contribution in [1.82, 2.24) is 19.9 Å². The lowest BCUT2D eigenvalue weighted by molar-refractivity contribution is -0.115. The number of aromatic amines is 1. The summed E-state index contributed by atoms with van der Waals surface area (Å²) in [4.78, 5) is 28.2. The number of benzene rings is 3. The number of hydrogen-bond donors (Lipinski definition) is 5. The molecule has 5 N–H and O–H groups in total. The van der Waals surface area contributed by atoms with E-state index in [2.05, 4.69) is 35.3 Å². The van der Waals surface area contributed by atoms with Crippen molar-refractivity contribution < 1.29 is 23.1 Å². The summed E-state index contributed by atoms with van der Waals surface area (Å²) in [6.45, 7) is -0.219. The quantitative estimate of drug-likeness (QED) is 0.171. The largest absolute Gasteiger partial charge is 0.497 e. The first-order valence-corrected chi connectivity index (χ1v) is 13.5. The Bertz CT molecular complexity index is 1750. The number of fused-ring (bicyclic) bond motifs is 1. The predicted octanol–water partition coefficient (Wildman–Crippen LogP) is 3.58. The number of carbonyl (C=O) groups excluding carboxylic acids is 1. The molecule has 0 unspecified atom stereocenters. The molecule has 2 heterocycles. The Morgan fingerprint density at radius 3 is 2.45 bits per heavy atom. The first-order valence-electron chi connectivity index (χ1n) is 12.1. The van der Waals surface area contributed by atoms with E-state index in [0.717, 1.165) is 0 Å². The van der Waals surface area contributed by atoms with Crippen LogP contribution in [0.5, 0.6) is 5.75 Å². The van der Waals surface area contributed by atoms with E-state index < -0.39 is 10.0 Å². The number of nitrogens with zero attached hydrogens (tertiary/aromatic N) is 3. The molecule has 40 heavy (non-hydrogen) atoms. The second-order valence-corrected chi connectivity index (χ2v) is 10.4. The van der Waals surface area contributed by atoms with Crippen molar-refractivity contribution >= 4 is 50.0 Å². The molecule has 2 aromatic heterocycles. The normalized spacial score (nSPS) is 11.2. The van der Waals surface area contributed by atoms with Gasteiger partial charge >= 0.3 is 0 Å². The molecule has 5 aromatic rings. The topological polar surface area (TPSA) is 171 Å². The number of anilines is 4. The maximum absolute atomic E-state index is 13.5. The Morgan fingerprint density at radius 2 is 1.75 bits per heavy atom. The second kappa shape index (κ2) is 11.4. The van der Waals surface area contributed by atoms with Gasteiger partial charge in [-0.1, -0.05) is 18.2 Å². The van der Waals surface area contributed by atoms with Gasteiger partial charge in [-0.15, -0.1) is 0 Å². The summed E-state index contributed by atoms with van der Waals surface area (Å²) in [6, 6.07) is 18.0. The SMILES string of the molecule is COc1cc(CO)cc(Nc2nc3ccccc3nc2NS(=O)(=O)c2cccc(NC(=O)Cc3c[nH]cn3)c2)c1. The van der Waals surface area contributed by atoms with Crippen LogP contribution < -0.4 is 20.1 Å². The van der Waals surface area contributed by atoms with E-state index in [9.17, 15) is 18.3 Å². The van der Waals surface area contributed by atoms with Crippen LogP contribution in [0.25, 0.3) is 11.0 Å². The van der Waals surface area contributed by atoms with Crippen molar-refractivity contribution in [2.75, 3.05) is 22.5 Å². The molecule has 0 fully saturated rings. The summed E-state index contributed by atoms with van der Waals surface area (Å²) in [7, 11) is -2.65. The zero-order chi connectivity index (χ0) is 28.1. The van der Waals surface area contributed by atoms with E-state index in [-0.39, 0.29) is 35.5 Å². The molecule has 0 saturated heterocycles. The minimum absolute atomic E-state index is 0.0305. The Kier molecular flexibility index (Phi) is 7.57. The third-order valence-electron chi connectivity index (χ3n) is 5.77. The number of aromatic nitrogens is 4. The standard InChI is InChI=1S/C27H25N7O5S/c1-39-21-10-17(15-35)9-19(11-21)31-26-27(33-24-8-3-2-7-23(24)32-26)34-40(37,38)22-6-4-5-18(12-22)30-25(36)13-20-14-28-16-29-20/h2-12,14,16,35H,13,15H2,1H3,(H,28,29)(H,30,36)(H,31,32)(H,33,34). The molecule has 0 atom stereocenters. The highest BCUT2D eigenvalue weighted by Crippen LogP contribution is 2.30. The first kappa shape index (κ1) is 26.6. The number of para-hydroxylation sites is 2. The molecular formula is C27H25N7O5S. The molecular weight excluding hydrogens is 534 g/mol. The number of amides is 1. The number of hydrogen-bond acceptors (Lipinski definition) is 9. The van der Waals surface area contributed by atoms with E-state index in [1.165, 1.54) is 31.6 Å². The smallest absolute Gasteiger partial charge is 0.263 e. The number of rotatable bonds is 10. The van der Waals surface area contributed by atoms with Crippen molar-refractivity contribution in [1.29, 1.82) is 0 Å². The number of nitrogens with one attached hydrogen (secondary N) is 4. The van der Waals surface area contributed by atoms with Crippen LogP contribution in [0.4, 0.5) is 23.0 Å². The van der Waals surface area contributed by atoms with E-state index in [0.29, 0.717) is 39.4 Å². The van der Waals surface area contributed by atoms with Crippen LogP contribution in [-0.4, -0.2) is 46.5 Å². The summed E-state index contributed by atoms with van der Waals surface area (Å²) < 4.78 is 34.7. The number of carbonyl (C=O) groups is 1. The number of aliphatic hydroxyl groups is 1. The van der Waals surface area contributed by atoms with Gasteiger partial charge in [0.05, 0.1) is 48.1 Å². The molecule has 12 nitrogen and oxygen atoms in total. The van der Waals surface area contributed by atoms with Gasteiger partial charge in [0.2, 0.25) is 5.91 Å². The van der Waals surface area contributed by atoms with Crippen molar-refractivity contribution in [3.63, 3.8) is 0 Å². The highest BCUT2D eigenvalue weighted by Gasteiger charge is 2.20. The Balaban J connectivity index is 1.45. The number of imidazole rings is 1. The van der Waals surface area contributed by atoms with Crippen molar-refractivity contribution in [2.45, 2.75) is 17.9 Å². The monoisotopic (exact) mass is 559 g/mol. The predicted molar refractivity (Wildman–Crippen MR) is 150 cm³/mol. The number of aliphatic hydroxyl groups excluding tert-OH is 1. The average molecular weight is 560 g/mol. The van der Waals surface area contributed by atoms with Gasteiger partial charge < -0.3 is 25.5 Å². The molecule has 0 aliphatic carbocycles. The van der Waals surface area contributed by atoms with Gasteiger partial charge in [-0.25, -0.2) is 23.4 Å². The maximum atomic E-state index is 13.5. The van der Waals surface area contributed by atoms with Gasteiger partial charge in [0, 0.05) is 23.6 Å². The van der Waals surface area contributed by atoms with E-state index in [1.807, 2.05) is 0 Å². The summed E-state index contributed by atoms with van der Waals surface area (Å²) in [5.41, 5.74) is 2.98. The van der Waals surface area contributed by atoms with Gasteiger partial charge in [0.1, 0.15) is 5.75 Å². The lowest BCUT2D eigenvalue weighted by Gasteiger charge is -2.15. The minimum Gasteiger partial charge on any atom is -0.497 e. The Morgan fingerprint density at radius 1 is 0.975 bits per heavy atom. The zero-order valence-electron chi connectivity index (χ0n) is 21.2. The fourth-order valence-corrected chi connectivity index (χ4v) is 4.98. The van der Waals surface area contributed by atoms with Gasteiger partial charge in [-0.3, -0.25) is 9.52 Å². The zero-order valence-corrected chi connectivity index (χ0v) is 22.1. The molecule has 0 saturated carbocycles. The Hall–Kier alpha value is -5.01. The molecule has 1 amide bonds. The van der Waals surface area contributed by atoms with Crippen LogP contribution in [-0.2, 0) is 27.8 Å². The molecule has 0 radical (unpaired) electrons. The van der Waals surface area contributed by atoms with Crippen LogP contribution in [0.15, 0.2) is 84.1 Å². The van der Waals surface area contributed by atoms with Crippen LogP contribution in [0.3, 0.4) is 0 Å². The van der Waals surface area contributed by atoms with E-state index >= 15 is 0 Å². The third-order valence-corrected chi connectivity index (χ3v) is 7.11. The molecule has 0 spiro atoms. The lowest BCUT2D eigenvalue weighted by atomic mass is 10.2. The highest BCUT2D eigenvalue weighted by atomic mass is 32.2. The van der Waals surface area contributed by atoms with Crippen LogP contribution in [0.2, 0.25) is 0 Å². The fourth-order valence-electron chi connectivity index (χ4n) is 3.92. The highest BCUT2D eigenvalue weighted by molar-refractivity contribution is 7.92. The summed E-state index contributed by atoms with van der Waals surface area (Å²) in [5.74, 6) is 0.251. The second-order valence-electron chi connectivity index (χ2n) is 8.68. The van der Waals surface area contributed by atoms with Gasteiger partial charge in [-0.05, 0) is 48.0 Å². The number of sulfonamides is 1. The van der Waals surface area contributed by atoms with Crippen molar-refractivity contribution in [3.8, 4) is 5.75 Å². The molecule has 0 aliphatic rings. The number of ether oxygens (including phenoxy) is 1. The first-order chi connectivity index (χ1) is 19.3. The summed E-state index contributed by atoms with van der Waals surface area (Å²) in [5, 5.41) is 15.4.